The van der Waals surface area contributed by atoms with Crippen molar-refractivity contribution < 1.29 is 9.59 Å². The molecule has 0 bridgehead atoms. The second-order valence-electron chi connectivity index (χ2n) is 6.17. The zero-order chi connectivity index (χ0) is 16.1. The fourth-order valence-electron chi connectivity index (χ4n) is 2.86. The van der Waals surface area contributed by atoms with Crippen LogP contribution < -0.4 is 11.1 Å². The van der Waals surface area contributed by atoms with E-state index in [9.17, 15) is 9.59 Å². The van der Waals surface area contributed by atoms with Crippen LogP contribution in [-0.4, -0.2) is 35.8 Å². The summed E-state index contributed by atoms with van der Waals surface area (Å²) < 4.78 is 0. The molecule has 5 heteroatoms. The second kappa shape index (κ2) is 7.40. The molecule has 0 saturated carbocycles. The van der Waals surface area contributed by atoms with E-state index in [1.54, 1.807) is 0 Å². The van der Waals surface area contributed by atoms with Gasteiger partial charge in [-0.25, -0.2) is 0 Å². The molecule has 1 heterocycles. The van der Waals surface area contributed by atoms with Gasteiger partial charge in [0.2, 0.25) is 11.8 Å². The smallest absolute Gasteiger partial charge is 0.239 e. The molecule has 0 unspecified atom stereocenters. The van der Waals surface area contributed by atoms with Gasteiger partial charge in [0.15, 0.2) is 0 Å². The molecule has 2 rings (SSSR count). The highest BCUT2D eigenvalue weighted by atomic mass is 16.2. The Hall–Kier alpha value is -1.88. The molecule has 1 aromatic rings. The van der Waals surface area contributed by atoms with Gasteiger partial charge in [0, 0.05) is 25.0 Å². The Morgan fingerprint density at radius 1 is 1.18 bits per heavy atom. The molecule has 0 spiro atoms. The average Bonchev–Trinajstić information content (AvgIpc) is 2.53. The third-order valence-electron chi connectivity index (χ3n) is 4.12. The molecular formula is C17H25N3O2. The van der Waals surface area contributed by atoms with Crippen LogP contribution in [0.1, 0.15) is 38.3 Å². The van der Waals surface area contributed by atoms with Gasteiger partial charge < -0.3 is 10.6 Å². The summed E-state index contributed by atoms with van der Waals surface area (Å²) in [6.07, 6.45) is 1.68. The number of carbonyl (C=O) groups excluding carboxylic acids is 2. The molecular weight excluding hydrogens is 278 g/mol. The van der Waals surface area contributed by atoms with Gasteiger partial charge in [-0.15, -0.1) is 0 Å². The number of primary amides is 1. The normalized spacial score (nSPS) is 17.5. The first-order valence-electron chi connectivity index (χ1n) is 7.88. The molecule has 2 amide bonds. The first kappa shape index (κ1) is 16.5. The summed E-state index contributed by atoms with van der Waals surface area (Å²) in [6, 6.07) is 9.25. The molecule has 1 aliphatic rings. The molecule has 1 atom stereocenters. The number of rotatable bonds is 5. The third-order valence-corrected chi connectivity index (χ3v) is 4.12. The van der Waals surface area contributed by atoms with Gasteiger partial charge in [0.1, 0.15) is 6.04 Å². The van der Waals surface area contributed by atoms with E-state index < -0.39 is 6.04 Å². The van der Waals surface area contributed by atoms with Crippen molar-refractivity contribution in [2.75, 3.05) is 13.1 Å². The van der Waals surface area contributed by atoms with Crippen LogP contribution in [0.2, 0.25) is 0 Å². The van der Waals surface area contributed by atoms with Crippen LogP contribution in [-0.2, 0) is 9.59 Å². The van der Waals surface area contributed by atoms with E-state index in [2.05, 4.69) is 5.32 Å². The number of carbonyl (C=O) groups is 2. The Kier molecular flexibility index (Phi) is 5.55. The van der Waals surface area contributed by atoms with E-state index in [1.807, 2.05) is 49.1 Å². The lowest BCUT2D eigenvalue weighted by molar-refractivity contribution is -0.135. The minimum absolute atomic E-state index is 0.0344. The number of nitrogens with one attached hydrogen (secondary N) is 1. The molecule has 5 nitrogen and oxygen atoms in total. The second-order valence-corrected chi connectivity index (χ2v) is 6.17. The van der Waals surface area contributed by atoms with Crippen LogP contribution in [0.25, 0.3) is 0 Å². The Balaban J connectivity index is 1.94. The van der Waals surface area contributed by atoms with Gasteiger partial charge in [-0.3, -0.25) is 14.9 Å². The number of hydrogen-bond donors (Lipinski definition) is 2. The van der Waals surface area contributed by atoms with Crippen LogP contribution >= 0.6 is 0 Å². The van der Waals surface area contributed by atoms with E-state index in [4.69, 9.17) is 5.73 Å². The van der Waals surface area contributed by atoms with Crippen LogP contribution in [0, 0.1) is 5.92 Å². The first-order valence-corrected chi connectivity index (χ1v) is 7.88. The van der Waals surface area contributed by atoms with Gasteiger partial charge in [-0.05, 0) is 18.4 Å². The first-order chi connectivity index (χ1) is 10.5. The zero-order valence-electron chi connectivity index (χ0n) is 13.3. The maximum absolute atomic E-state index is 12.0. The summed E-state index contributed by atoms with van der Waals surface area (Å²) in [5, 5.41) is 3.35. The fraction of sp³-hybridized carbons (Fsp3) is 0.529. The summed E-state index contributed by atoms with van der Waals surface area (Å²) >= 11 is 0. The molecule has 0 aliphatic carbocycles. The van der Waals surface area contributed by atoms with E-state index in [0.29, 0.717) is 0 Å². The van der Waals surface area contributed by atoms with Gasteiger partial charge in [0.25, 0.3) is 0 Å². The van der Waals surface area contributed by atoms with Crippen molar-refractivity contribution in [2.45, 2.75) is 38.8 Å². The standard InChI is InChI=1S/C17H25N3O2/c1-12(2)17(22)20-10-8-14(9-11-20)19-15(16(18)21)13-6-4-3-5-7-13/h3-7,12,14-15,19H,8-11H2,1-2H3,(H2,18,21)/t15-/m0/s1. The minimum atomic E-state index is -0.474. The summed E-state index contributed by atoms with van der Waals surface area (Å²) in [4.78, 5) is 25.6. The number of nitrogens with two attached hydrogens (primary N) is 1. The predicted octanol–water partition coefficient (Wildman–Crippen LogP) is 1.45. The lowest BCUT2D eigenvalue weighted by atomic mass is 9.99. The zero-order valence-corrected chi connectivity index (χ0v) is 13.3. The average molecular weight is 303 g/mol. The Bertz CT molecular complexity index is 508. The van der Waals surface area contributed by atoms with Crippen molar-refractivity contribution in [2.24, 2.45) is 11.7 Å². The highest BCUT2D eigenvalue weighted by Gasteiger charge is 2.27. The molecule has 0 aromatic heterocycles. The quantitative estimate of drug-likeness (QED) is 0.864. The van der Waals surface area contributed by atoms with Crippen molar-refractivity contribution >= 4 is 11.8 Å². The van der Waals surface area contributed by atoms with Crippen molar-refractivity contribution in [3.63, 3.8) is 0 Å². The monoisotopic (exact) mass is 303 g/mol. The summed E-state index contributed by atoms with van der Waals surface area (Å²) in [7, 11) is 0. The molecule has 1 saturated heterocycles. The van der Waals surface area contributed by atoms with E-state index in [1.165, 1.54) is 0 Å². The molecule has 0 radical (unpaired) electrons. The van der Waals surface area contributed by atoms with E-state index in [-0.39, 0.29) is 23.8 Å². The minimum Gasteiger partial charge on any atom is -0.368 e. The largest absolute Gasteiger partial charge is 0.368 e. The van der Waals surface area contributed by atoms with Crippen molar-refractivity contribution in [3.8, 4) is 0 Å². The number of likely N-dealkylation sites (tertiary alicyclic amines) is 1. The SMILES string of the molecule is CC(C)C(=O)N1CCC(N[C@H](C(N)=O)c2ccccc2)CC1. The Labute approximate surface area is 131 Å². The predicted molar refractivity (Wildman–Crippen MR) is 86.0 cm³/mol. The number of nitrogens with zero attached hydrogens (tertiary/aromatic N) is 1. The highest BCUT2D eigenvalue weighted by molar-refractivity contribution is 5.81. The Morgan fingerprint density at radius 2 is 1.77 bits per heavy atom. The molecule has 3 N–H and O–H groups in total. The molecule has 1 aromatic carbocycles. The van der Waals surface area contributed by atoms with Crippen molar-refractivity contribution in [1.82, 2.24) is 10.2 Å². The van der Waals surface area contributed by atoms with Crippen LogP contribution in [0.3, 0.4) is 0 Å². The lowest BCUT2D eigenvalue weighted by Crippen LogP contribution is -2.48. The van der Waals surface area contributed by atoms with Gasteiger partial charge >= 0.3 is 0 Å². The van der Waals surface area contributed by atoms with Gasteiger partial charge in [0.05, 0.1) is 0 Å². The van der Waals surface area contributed by atoms with Crippen LogP contribution in [0.5, 0.6) is 0 Å². The van der Waals surface area contributed by atoms with Gasteiger partial charge in [-0.1, -0.05) is 44.2 Å². The van der Waals surface area contributed by atoms with E-state index in [0.717, 1.165) is 31.5 Å². The van der Waals surface area contributed by atoms with E-state index >= 15 is 0 Å². The van der Waals surface area contributed by atoms with Crippen LogP contribution in [0.4, 0.5) is 0 Å². The maximum Gasteiger partial charge on any atom is 0.239 e. The summed E-state index contributed by atoms with van der Waals surface area (Å²) in [6.45, 7) is 5.31. The molecule has 22 heavy (non-hydrogen) atoms. The van der Waals surface area contributed by atoms with Crippen molar-refractivity contribution in [3.05, 3.63) is 35.9 Å². The Morgan fingerprint density at radius 3 is 2.27 bits per heavy atom. The van der Waals surface area contributed by atoms with Crippen molar-refractivity contribution in [1.29, 1.82) is 0 Å². The number of hydrogen-bond acceptors (Lipinski definition) is 3. The topological polar surface area (TPSA) is 75.4 Å². The maximum atomic E-state index is 12.0. The molecule has 120 valence electrons. The highest BCUT2D eigenvalue weighted by Crippen LogP contribution is 2.18. The van der Waals surface area contributed by atoms with Gasteiger partial charge in [-0.2, -0.15) is 0 Å². The fourth-order valence-corrected chi connectivity index (χ4v) is 2.86. The molecule has 1 aliphatic heterocycles. The molecule has 1 fully saturated rings. The number of piperidine rings is 1. The summed E-state index contributed by atoms with van der Waals surface area (Å²) in [5.41, 5.74) is 6.42. The summed E-state index contributed by atoms with van der Waals surface area (Å²) in [5.74, 6) is -0.132. The number of benzene rings is 1. The third kappa shape index (κ3) is 4.07. The van der Waals surface area contributed by atoms with Crippen LogP contribution in [0.15, 0.2) is 30.3 Å². The lowest BCUT2D eigenvalue weighted by Gasteiger charge is -2.35. The number of amides is 2.